The lowest BCUT2D eigenvalue weighted by Crippen LogP contribution is -2.11. The smallest absolute Gasteiger partial charge is 0.224 e. The molecule has 6 heteroatoms. The van der Waals surface area contributed by atoms with Crippen molar-refractivity contribution in [2.24, 2.45) is 0 Å². The Kier molecular flexibility index (Phi) is 6.42. The summed E-state index contributed by atoms with van der Waals surface area (Å²) in [5, 5.41) is 6.02. The number of carbonyl (C=O) groups is 1. The summed E-state index contributed by atoms with van der Waals surface area (Å²) in [4.78, 5) is 16.0. The quantitative estimate of drug-likeness (QED) is 0.766. The zero-order valence-electron chi connectivity index (χ0n) is 14.3. The van der Waals surface area contributed by atoms with Gasteiger partial charge in [0.1, 0.15) is 5.82 Å². The number of hydrogen-bond acceptors (Lipinski definition) is 5. The molecule has 0 spiro atoms. The van der Waals surface area contributed by atoms with E-state index >= 15 is 0 Å². The second kappa shape index (κ2) is 8.76. The maximum absolute atomic E-state index is 11.7. The van der Waals surface area contributed by atoms with Crippen molar-refractivity contribution in [3.8, 4) is 11.5 Å². The lowest BCUT2D eigenvalue weighted by molar-refractivity contribution is -0.116. The monoisotopic (exact) mass is 329 g/mol. The number of hydrogen-bond donors (Lipinski definition) is 2. The molecule has 0 aliphatic rings. The third kappa shape index (κ3) is 4.87. The molecule has 0 fully saturated rings. The zero-order chi connectivity index (χ0) is 17.4. The molecule has 1 heterocycles. The molecular weight excluding hydrogens is 306 g/mol. The van der Waals surface area contributed by atoms with Crippen LogP contribution in [0.4, 0.5) is 17.2 Å². The fourth-order valence-electron chi connectivity index (χ4n) is 2.16. The van der Waals surface area contributed by atoms with Crippen LogP contribution in [0.1, 0.15) is 26.2 Å². The van der Waals surface area contributed by atoms with Gasteiger partial charge in [-0.15, -0.1) is 0 Å². The standard InChI is InChI=1S/C18H23N3O3/c1-4-5-6-18(22)21-14-8-10-17(19-12-14)20-13-7-9-15(23-2)16(11-13)24-3/h7-12H,4-6H2,1-3H3,(H,19,20)(H,21,22). The Morgan fingerprint density at radius 1 is 1.08 bits per heavy atom. The van der Waals surface area contributed by atoms with Crippen LogP contribution in [-0.2, 0) is 4.79 Å². The summed E-state index contributed by atoms with van der Waals surface area (Å²) < 4.78 is 10.5. The minimum atomic E-state index is 0.0132. The van der Waals surface area contributed by atoms with Crippen molar-refractivity contribution in [1.82, 2.24) is 4.98 Å². The van der Waals surface area contributed by atoms with Gasteiger partial charge in [-0.05, 0) is 30.7 Å². The molecular formula is C18H23N3O3. The molecule has 2 N–H and O–H groups in total. The van der Waals surface area contributed by atoms with Crippen LogP contribution >= 0.6 is 0 Å². The maximum Gasteiger partial charge on any atom is 0.224 e. The first-order chi connectivity index (χ1) is 11.7. The van der Waals surface area contributed by atoms with Crippen LogP contribution in [0.5, 0.6) is 11.5 Å². The Hall–Kier alpha value is -2.76. The summed E-state index contributed by atoms with van der Waals surface area (Å²) in [6, 6.07) is 9.17. The van der Waals surface area contributed by atoms with Gasteiger partial charge >= 0.3 is 0 Å². The summed E-state index contributed by atoms with van der Waals surface area (Å²) in [7, 11) is 3.19. The second-order valence-electron chi connectivity index (χ2n) is 5.28. The van der Waals surface area contributed by atoms with Gasteiger partial charge in [-0.25, -0.2) is 4.98 Å². The van der Waals surface area contributed by atoms with Gasteiger partial charge in [0.2, 0.25) is 5.91 Å². The highest BCUT2D eigenvalue weighted by atomic mass is 16.5. The van der Waals surface area contributed by atoms with Crippen LogP contribution in [0.2, 0.25) is 0 Å². The predicted octanol–water partition coefficient (Wildman–Crippen LogP) is 3.97. The maximum atomic E-state index is 11.7. The van der Waals surface area contributed by atoms with Gasteiger partial charge in [-0.3, -0.25) is 4.79 Å². The number of unbranched alkanes of at least 4 members (excludes halogenated alkanes) is 1. The summed E-state index contributed by atoms with van der Waals surface area (Å²) >= 11 is 0. The van der Waals surface area contributed by atoms with Gasteiger partial charge < -0.3 is 20.1 Å². The van der Waals surface area contributed by atoms with E-state index in [1.807, 2.05) is 30.3 Å². The fraction of sp³-hybridized carbons (Fsp3) is 0.333. The summed E-state index contributed by atoms with van der Waals surface area (Å²) in [5.74, 6) is 2.00. The Labute approximate surface area is 142 Å². The van der Waals surface area contributed by atoms with E-state index in [1.165, 1.54) is 0 Å². The third-order valence-electron chi connectivity index (χ3n) is 3.46. The van der Waals surface area contributed by atoms with Crippen molar-refractivity contribution in [2.75, 3.05) is 24.9 Å². The molecule has 0 atom stereocenters. The molecule has 1 aromatic carbocycles. The highest BCUT2D eigenvalue weighted by molar-refractivity contribution is 5.90. The molecule has 1 amide bonds. The molecule has 1 aromatic heterocycles. The number of pyridine rings is 1. The van der Waals surface area contributed by atoms with Crippen LogP contribution in [0.25, 0.3) is 0 Å². The first-order valence-electron chi connectivity index (χ1n) is 7.91. The molecule has 24 heavy (non-hydrogen) atoms. The van der Waals surface area contributed by atoms with Crippen LogP contribution in [0.15, 0.2) is 36.5 Å². The van der Waals surface area contributed by atoms with Crippen molar-refractivity contribution in [3.05, 3.63) is 36.5 Å². The predicted molar refractivity (Wildman–Crippen MR) is 95.2 cm³/mol. The molecule has 2 rings (SSSR count). The third-order valence-corrected chi connectivity index (χ3v) is 3.46. The van der Waals surface area contributed by atoms with E-state index in [-0.39, 0.29) is 5.91 Å². The van der Waals surface area contributed by atoms with Gasteiger partial charge in [0.15, 0.2) is 11.5 Å². The number of anilines is 3. The van der Waals surface area contributed by atoms with Crippen molar-refractivity contribution in [3.63, 3.8) is 0 Å². The average molecular weight is 329 g/mol. The van der Waals surface area contributed by atoms with Gasteiger partial charge in [0.05, 0.1) is 26.1 Å². The van der Waals surface area contributed by atoms with E-state index in [1.54, 1.807) is 20.4 Å². The number of rotatable bonds is 8. The number of amides is 1. The van der Waals surface area contributed by atoms with E-state index in [0.29, 0.717) is 29.4 Å². The number of methoxy groups -OCH3 is 2. The summed E-state index contributed by atoms with van der Waals surface area (Å²) in [6.07, 6.45) is 4.05. The van der Waals surface area contributed by atoms with Crippen molar-refractivity contribution in [1.29, 1.82) is 0 Å². The number of benzene rings is 1. The zero-order valence-corrected chi connectivity index (χ0v) is 14.3. The number of nitrogens with zero attached hydrogens (tertiary/aromatic N) is 1. The molecule has 0 bridgehead atoms. The SMILES string of the molecule is CCCCC(=O)Nc1ccc(Nc2ccc(OC)c(OC)c2)nc1. The Morgan fingerprint density at radius 2 is 1.83 bits per heavy atom. The van der Waals surface area contributed by atoms with Gasteiger partial charge in [-0.2, -0.15) is 0 Å². The second-order valence-corrected chi connectivity index (χ2v) is 5.28. The normalized spacial score (nSPS) is 10.1. The Morgan fingerprint density at radius 3 is 2.46 bits per heavy atom. The van der Waals surface area contributed by atoms with Crippen molar-refractivity contribution < 1.29 is 14.3 Å². The molecule has 0 saturated heterocycles. The molecule has 0 aliphatic carbocycles. The van der Waals surface area contributed by atoms with Gasteiger partial charge in [0.25, 0.3) is 0 Å². The molecule has 0 radical (unpaired) electrons. The molecule has 0 saturated carbocycles. The van der Waals surface area contributed by atoms with E-state index in [4.69, 9.17) is 9.47 Å². The fourth-order valence-corrected chi connectivity index (χ4v) is 2.16. The first kappa shape index (κ1) is 17.6. The van der Waals surface area contributed by atoms with Crippen LogP contribution < -0.4 is 20.1 Å². The topological polar surface area (TPSA) is 72.5 Å². The minimum Gasteiger partial charge on any atom is -0.493 e. The summed E-state index contributed by atoms with van der Waals surface area (Å²) in [6.45, 7) is 2.06. The molecule has 6 nitrogen and oxygen atoms in total. The van der Waals surface area contributed by atoms with Gasteiger partial charge in [-0.1, -0.05) is 13.3 Å². The lowest BCUT2D eigenvalue weighted by atomic mass is 10.2. The van der Waals surface area contributed by atoms with Crippen molar-refractivity contribution in [2.45, 2.75) is 26.2 Å². The molecule has 128 valence electrons. The van der Waals surface area contributed by atoms with E-state index in [9.17, 15) is 4.79 Å². The summed E-state index contributed by atoms with van der Waals surface area (Å²) in [5.41, 5.74) is 1.52. The molecule has 2 aromatic rings. The number of nitrogens with one attached hydrogen (secondary N) is 2. The lowest BCUT2D eigenvalue weighted by Gasteiger charge is -2.11. The largest absolute Gasteiger partial charge is 0.493 e. The van der Waals surface area contributed by atoms with Crippen LogP contribution in [0.3, 0.4) is 0 Å². The number of aromatic nitrogens is 1. The van der Waals surface area contributed by atoms with Crippen LogP contribution in [-0.4, -0.2) is 25.1 Å². The van der Waals surface area contributed by atoms with Gasteiger partial charge in [0, 0.05) is 18.2 Å². The minimum absolute atomic E-state index is 0.0132. The molecule has 0 aliphatic heterocycles. The number of ether oxygens (including phenoxy) is 2. The Bertz CT molecular complexity index is 672. The van der Waals surface area contributed by atoms with Crippen molar-refractivity contribution >= 4 is 23.1 Å². The van der Waals surface area contributed by atoms with E-state index in [2.05, 4.69) is 22.5 Å². The van der Waals surface area contributed by atoms with Crippen LogP contribution in [0, 0.1) is 0 Å². The number of carbonyl (C=O) groups excluding carboxylic acids is 1. The van der Waals surface area contributed by atoms with E-state index < -0.39 is 0 Å². The highest BCUT2D eigenvalue weighted by Gasteiger charge is 2.06. The molecule has 0 unspecified atom stereocenters. The van der Waals surface area contributed by atoms with E-state index in [0.717, 1.165) is 18.5 Å². The average Bonchev–Trinajstić information content (AvgIpc) is 2.61. The highest BCUT2D eigenvalue weighted by Crippen LogP contribution is 2.30. The first-order valence-corrected chi connectivity index (χ1v) is 7.91. The Balaban J connectivity index is 2.00.